The van der Waals surface area contributed by atoms with Crippen molar-refractivity contribution in [1.29, 1.82) is 0 Å². The minimum atomic E-state index is -1.34. The van der Waals surface area contributed by atoms with Crippen molar-refractivity contribution in [3.8, 4) is 10.4 Å². The van der Waals surface area contributed by atoms with Crippen molar-refractivity contribution < 1.29 is 28.1 Å². The van der Waals surface area contributed by atoms with Crippen LogP contribution in [0.25, 0.3) is 10.4 Å². The van der Waals surface area contributed by atoms with Crippen LogP contribution in [0.15, 0.2) is 52.1 Å². The Kier molecular flexibility index (Phi) is 8.32. The molecule has 1 amide bonds. The second-order valence-electron chi connectivity index (χ2n) is 6.31. The highest BCUT2D eigenvalue weighted by Gasteiger charge is 2.24. The van der Waals surface area contributed by atoms with Gasteiger partial charge < -0.3 is 14.8 Å². The van der Waals surface area contributed by atoms with Gasteiger partial charge >= 0.3 is 11.9 Å². The molecular formula is C22H21NO6S3. The van der Waals surface area contributed by atoms with E-state index in [2.05, 4.69) is 5.32 Å². The molecule has 3 rings (SSSR count). The molecular weight excluding hydrogens is 470 g/mol. The summed E-state index contributed by atoms with van der Waals surface area (Å²) in [5.74, 6) is -1.53. The number of amides is 1. The zero-order valence-electron chi connectivity index (χ0n) is 17.4. The maximum Gasteiger partial charge on any atom is 0.341 e. The Morgan fingerprint density at radius 3 is 2.47 bits per heavy atom. The van der Waals surface area contributed by atoms with Crippen molar-refractivity contribution in [3.63, 3.8) is 0 Å². The number of rotatable bonds is 9. The highest BCUT2D eigenvalue weighted by Crippen LogP contribution is 2.38. The molecule has 0 saturated carbocycles. The van der Waals surface area contributed by atoms with E-state index in [4.69, 9.17) is 9.47 Å². The van der Waals surface area contributed by atoms with Crippen LogP contribution in [0.4, 0.5) is 5.00 Å². The fourth-order valence-electron chi connectivity index (χ4n) is 2.83. The Morgan fingerprint density at radius 1 is 1.00 bits per heavy atom. The van der Waals surface area contributed by atoms with Crippen molar-refractivity contribution in [2.75, 3.05) is 24.3 Å². The second kappa shape index (κ2) is 11.2. The van der Waals surface area contributed by atoms with E-state index in [0.29, 0.717) is 21.2 Å². The standard InChI is InChI=1S/C22H21NO6S3/c1-3-28-22(26)19-15(16-9-7-11-30-16)13-31-20(19)23-18(24)12-29-21(25)14-8-5-6-10-17(14)32(27)4-2/h5-11,13H,3-4,12H2,1-2H3,(H,23,24). The van der Waals surface area contributed by atoms with E-state index in [1.54, 1.807) is 37.4 Å². The Morgan fingerprint density at radius 2 is 1.78 bits per heavy atom. The van der Waals surface area contributed by atoms with Gasteiger partial charge in [0.2, 0.25) is 0 Å². The van der Waals surface area contributed by atoms with Gasteiger partial charge in [-0.05, 0) is 30.5 Å². The Labute approximate surface area is 195 Å². The van der Waals surface area contributed by atoms with E-state index in [9.17, 15) is 18.6 Å². The lowest BCUT2D eigenvalue weighted by Gasteiger charge is -2.10. The summed E-state index contributed by atoms with van der Waals surface area (Å²) in [7, 11) is -1.34. The third kappa shape index (κ3) is 5.50. The first-order chi connectivity index (χ1) is 15.5. The van der Waals surface area contributed by atoms with Crippen LogP contribution < -0.4 is 5.32 Å². The summed E-state index contributed by atoms with van der Waals surface area (Å²) in [5, 5.41) is 6.62. The van der Waals surface area contributed by atoms with Crippen molar-refractivity contribution >= 4 is 56.3 Å². The molecule has 7 nitrogen and oxygen atoms in total. The molecule has 0 spiro atoms. The summed E-state index contributed by atoms with van der Waals surface area (Å²) in [5.41, 5.74) is 1.10. The number of anilines is 1. The summed E-state index contributed by atoms with van der Waals surface area (Å²) in [6.45, 7) is 3.09. The highest BCUT2D eigenvalue weighted by atomic mass is 32.2. The molecule has 0 bridgehead atoms. The molecule has 168 valence electrons. The predicted molar refractivity (Wildman–Crippen MR) is 126 cm³/mol. The first-order valence-corrected chi connectivity index (χ1v) is 12.8. The van der Waals surface area contributed by atoms with Gasteiger partial charge in [-0.25, -0.2) is 9.59 Å². The maximum absolute atomic E-state index is 12.5. The highest BCUT2D eigenvalue weighted by molar-refractivity contribution is 7.85. The molecule has 0 aliphatic carbocycles. The quantitative estimate of drug-likeness (QED) is 0.440. The van der Waals surface area contributed by atoms with Gasteiger partial charge in [-0.2, -0.15) is 0 Å². The lowest BCUT2D eigenvalue weighted by atomic mass is 10.1. The van der Waals surface area contributed by atoms with Crippen LogP contribution in [0.3, 0.4) is 0 Å². The minimum Gasteiger partial charge on any atom is -0.462 e. The van der Waals surface area contributed by atoms with Gasteiger partial charge in [0.05, 0.1) is 27.9 Å². The van der Waals surface area contributed by atoms with Crippen molar-refractivity contribution in [2.24, 2.45) is 0 Å². The van der Waals surface area contributed by atoms with Crippen molar-refractivity contribution in [1.82, 2.24) is 0 Å². The van der Waals surface area contributed by atoms with Gasteiger partial charge in [-0.3, -0.25) is 9.00 Å². The van der Waals surface area contributed by atoms with Gasteiger partial charge in [-0.15, -0.1) is 22.7 Å². The van der Waals surface area contributed by atoms with E-state index >= 15 is 0 Å². The van der Waals surface area contributed by atoms with Crippen LogP contribution >= 0.6 is 22.7 Å². The van der Waals surface area contributed by atoms with Crippen LogP contribution in [0.2, 0.25) is 0 Å². The number of carbonyl (C=O) groups is 3. The zero-order valence-corrected chi connectivity index (χ0v) is 19.9. The van der Waals surface area contributed by atoms with E-state index in [1.165, 1.54) is 28.7 Å². The second-order valence-corrected chi connectivity index (χ2v) is 9.84. The average Bonchev–Trinajstić information content (AvgIpc) is 3.47. The van der Waals surface area contributed by atoms with Crippen LogP contribution in [0.5, 0.6) is 0 Å². The summed E-state index contributed by atoms with van der Waals surface area (Å²) in [6, 6.07) is 10.2. The van der Waals surface area contributed by atoms with E-state index < -0.39 is 35.3 Å². The molecule has 1 unspecified atom stereocenters. The molecule has 0 aliphatic rings. The molecule has 2 aromatic heterocycles. The number of hydrogen-bond donors (Lipinski definition) is 1. The number of benzene rings is 1. The number of carbonyl (C=O) groups excluding carboxylic acids is 3. The molecule has 1 aromatic carbocycles. The fourth-order valence-corrected chi connectivity index (χ4v) is 5.56. The van der Waals surface area contributed by atoms with Gasteiger partial charge in [0.15, 0.2) is 6.61 Å². The van der Waals surface area contributed by atoms with Crippen LogP contribution in [-0.4, -0.2) is 41.0 Å². The Hall–Kier alpha value is -2.82. The SMILES string of the molecule is CCOC(=O)c1c(-c2cccs2)csc1NC(=O)COC(=O)c1ccccc1S(=O)CC. The van der Waals surface area contributed by atoms with Crippen LogP contribution in [0, 0.1) is 0 Å². The number of hydrogen-bond acceptors (Lipinski definition) is 8. The number of nitrogens with one attached hydrogen (secondary N) is 1. The Balaban J connectivity index is 1.73. The smallest absolute Gasteiger partial charge is 0.341 e. The topological polar surface area (TPSA) is 98.8 Å². The first-order valence-electron chi connectivity index (χ1n) is 9.73. The lowest BCUT2D eigenvalue weighted by molar-refractivity contribution is -0.119. The largest absolute Gasteiger partial charge is 0.462 e. The summed E-state index contributed by atoms with van der Waals surface area (Å²) in [4.78, 5) is 38.7. The molecule has 32 heavy (non-hydrogen) atoms. The van der Waals surface area contributed by atoms with Gasteiger partial charge in [0.25, 0.3) is 5.91 Å². The summed E-state index contributed by atoms with van der Waals surface area (Å²) < 4.78 is 22.4. The van der Waals surface area contributed by atoms with E-state index in [-0.39, 0.29) is 17.7 Å². The van der Waals surface area contributed by atoms with Gasteiger partial charge in [0, 0.05) is 21.6 Å². The van der Waals surface area contributed by atoms with Crippen molar-refractivity contribution in [3.05, 3.63) is 58.3 Å². The molecule has 0 radical (unpaired) electrons. The monoisotopic (exact) mass is 491 g/mol. The fraction of sp³-hybridized carbons (Fsp3) is 0.227. The third-order valence-electron chi connectivity index (χ3n) is 4.26. The molecule has 1 atom stereocenters. The molecule has 3 aromatic rings. The van der Waals surface area contributed by atoms with Crippen LogP contribution in [0.1, 0.15) is 34.6 Å². The molecule has 0 fully saturated rings. The first kappa shape index (κ1) is 23.8. The normalized spacial score (nSPS) is 11.6. The molecule has 0 aliphatic heterocycles. The van der Waals surface area contributed by atoms with Gasteiger partial charge in [0.1, 0.15) is 10.6 Å². The summed E-state index contributed by atoms with van der Waals surface area (Å²) in [6.07, 6.45) is 0. The predicted octanol–water partition coefficient (Wildman–Crippen LogP) is 4.58. The lowest BCUT2D eigenvalue weighted by Crippen LogP contribution is -2.22. The van der Waals surface area contributed by atoms with E-state index in [0.717, 1.165) is 4.88 Å². The minimum absolute atomic E-state index is 0.156. The maximum atomic E-state index is 12.5. The number of thiophene rings is 2. The molecule has 2 heterocycles. The third-order valence-corrected chi connectivity index (χ3v) is 7.43. The zero-order chi connectivity index (χ0) is 23.1. The Bertz CT molecular complexity index is 1140. The molecule has 10 heteroatoms. The van der Waals surface area contributed by atoms with E-state index in [1.807, 2.05) is 17.5 Å². The van der Waals surface area contributed by atoms with Crippen LogP contribution in [-0.2, 0) is 25.1 Å². The average molecular weight is 492 g/mol. The summed E-state index contributed by atoms with van der Waals surface area (Å²) >= 11 is 2.66. The number of ether oxygens (including phenoxy) is 2. The van der Waals surface area contributed by atoms with Gasteiger partial charge in [-0.1, -0.05) is 25.1 Å². The number of esters is 2. The van der Waals surface area contributed by atoms with Crippen molar-refractivity contribution in [2.45, 2.75) is 18.7 Å². The molecule has 0 saturated heterocycles. The molecule has 1 N–H and O–H groups in total.